The van der Waals surface area contributed by atoms with E-state index < -0.39 is 0 Å². The first-order valence-corrected chi connectivity index (χ1v) is 8.24. The number of nitrogens with zero attached hydrogens (tertiary/aromatic N) is 1. The first-order valence-electron chi connectivity index (χ1n) is 8.24. The summed E-state index contributed by atoms with van der Waals surface area (Å²) in [6, 6.07) is 0.360. The highest BCUT2D eigenvalue weighted by atomic mass is 16.5. The van der Waals surface area contributed by atoms with Gasteiger partial charge in [-0.15, -0.1) is 0 Å². The monoisotopic (exact) mass is 297 g/mol. The van der Waals surface area contributed by atoms with Crippen LogP contribution in [0.1, 0.15) is 59.8 Å². The van der Waals surface area contributed by atoms with Crippen molar-refractivity contribution in [3.8, 4) is 0 Å². The van der Waals surface area contributed by atoms with Gasteiger partial charge in [-0.25, -0.2) is 0 Å². The molecule has 0 aromatic rings. The van der Waals surface area contributed by atoms with Gasteiger partial charge in [-0.1, -0.05) is 27.7 Å². The van der Waals surface area contributed by atoms with E-state index in [4.69, 9.17) is 4.74 Å². The molecule has 2 atom stereocenters. The summed E-state index contributed by atoms with van der Waals surface area (Å²) < 4.78 is 4.74. The molecular formula is C17H31NO3. The SMILES string of the molecule is COC(=O)CC(C(=O)N1CCCC1CCC(C)C)C(C)C. The smallest absolute Gasteiger partial charge is 0.306 e. The Labute approximate surface area is 129 Å². The highest BCUT2D eigenvalue weighted by Crippen LogP contribution is 2.28. The normalized spacial score (nSPS) is 20.1. The molecule has 0 aromatic carbocycles. The van der Waals surface area contributed by atoms with Crippen LogP contribution in [-0.4, -0.2) is 36.5 Å². The summed E-state index contributed by atoms with van der Waals surface area (Å²) >= 11 is 0. The number of carbonyl (C=O) groups is 2. The molecule has 1 aliphatic heterocycles. The molecule has 1 rings (SSSR count). The van der Waals surface area contributed by atoms with Crippen LogP contribution >= 0.6 is 0 Å². The highest BCUT2D eigenvalue weighted by Gasteiger charge is 2.35. The summed E-state index contributed by atoms with van der Waals surface area (Å²) in [6.07, 6.45) is 4.60. The van der Waals surface area contributed by atoms with Gasteiger partial charge in [0.2, 0.25) is 5.91 Å². The maximum atomic E-state index is 12.8. The topological polar surface area (TPSA) is 46.6 Å². The molecule has 1 aliphatic rings. The van der Waals surface area contributed by atoms with Crippen molar-refractivity contribution < 1.29 is 14.3 Å². The van der Waals surface area contributed by atoms with Crippen LogP contribution in [0.25, 0.3) is 0 Å². The molecule has 0 aromatic heterocycles. The number of hydrogen-bond donors (Lipinski definition) is 0. The maximum absolute atomic E-state index is 12.8. The molecule has 4 heteroatoms. The predicted octanol–water partition coefficient (Wildman–Crippen LogP) is 3.25. The average Bonchev–Trinajstić information content (AvgIpc) is 2.89. The van der Waals surface area contributed by atoms with Crippen molar-refractivity contribution in [3.05, 3.63) is 0 Å². The number of hydrogen-bond acceptors (Lipinski definition) is 3. The third-order valence-electron chi connectivity index (χ3n) is 4.47. The molecule has 0 saturated carbocycles. The largest absolute Gasteiger partial charge is 0.469 e. The van der Waals surface area contributed by atoms with Gasteiger partial charge >= 0.3 is 5.97 Å². The lowest BCUT2D eigenvalue weighted by molar-refractivity contribution is -0.148. The minimum atomic E-state index is -0.292. The van der Waals surface area contributed by atoms with E-state index in [1.165, 1.54) is 7.11 Å². The first kappa shape index (κ1) is 18.0. The number of rotatable bonds is 7. The minimum absolute atomic E-state index is 0.140. The Hall–Kier alpha value is -1.06. The fourth-order valence-electron chi connectivity index (χ4n) is 3.04. The molecule has 1 amide bonds. The van der Waals surface area contributed by atoms with Crippen LogP contribution < -0.4 is 0 Å². The molecule has 0 N–H and O–H groups in total. The first-order chi connectivity index (χ1) is 9.86. The molecule has 0 spiro atoms. The molecule has 1 fully saturated rings. The predicted molar refractivity (Wildman–Crippen MR) is 83.8 cm³/mol. The van der Waals surface area contributed by atoms with E-state index in [0.29, 0.717) is 12.0 Å². The molecule has 0 radical (unpaired) electrons. The lowest BCUT2D eigenvalue weighted by atomic mass is 9.90. The fourth-order valence-corrected chi connectivity index (χ4v) is 3.04. The second-order valence-corrected chi connectivity index (χ2v) is 6.93. The Bertz CT molecular complexity index is 352. The summed E-state index contributed by atoms with van der Waals surface area (Å²) in [7, 11) is 1.38. The Balaban J connectivity index is 2.70. The Kier molecular flexibility index (Phi) is 7.20. The van der Waals surface area contributed by atoms with Gasteiger partial charge in [-0.05, 0) is 37.5 Å². The van der Waals surface area contributed by atoms with Crippen LogP contribution in [0.2, 0.25) is 0 Å². The van der Waals surface area contributed by atoms with Gasteiger partial charge in [0, 0.05) is 12.6 Å². The van der Waals surface area contributed by atoms with Gasteiger partial charge in [0.05, 0.1) is 19.4 Å². The molecule has 1 saturated heterocycles. The fraction of sp³-hybridized carbons (Fsp3) is 0.882. The van der Waals surface area contributed by atoms with Crippen LogP contribution in [-0.2, 0) is 14.3 Å². The molecule has 0 aliphatic carbocycles. The molecular weight excluding hydrogens is 266 g/mol. The van der Waals surface area contributed by atoms with Gasteiger partial charge in [0.1, 0.15) is 0 Å². The van der Waals surface area contributed by atoms with Crippen LogP contribution in [0.4, 0.5) is 0 Å². The number of likely N-dealkylation sites (tertiary alicyclic amines) is 1. The van der Waals surface area contributed by atoms with E-state index >= 15 is 0 Å². The summed E-state index contributed by atoms with van der Waals surface area (Å²) in [6.45, 7) is 9.28. The quantitative estimate of drug-likeness (QED) is 0.678. The standard InChI is InChI=1S/C17H31NO3/c1-12(2)8-9-14-7-6-10-18(14)17(20)15(13(3)4)11-16(19)21-5/h12-15H,6-11H2,1-5H3. The Morgan fingerprint density at radius 3 is 2.43 bits per heavy atom. The van der Waals surface area contributed by atoms with E-state index in [0.717, 1.165) is 32.2 Å². The molecule has 1 heterocycles. The third-order valence-corrected chi connectivity index (χ3v) is 4.47. The van der Waals surface area contributed by atoms with Crippen molar-refractivity contribution in [2.24, 2.45) is 17.8 Å². The van der Waals surface area contributed by atoms with Crippen LogP contribution in [0.3, 0.4) is 0 Å². The van der Waals surface area contributed by atoms with Crippen molar-refractivity contribution in [2.45, 2.75) is 65.8 Å². The van der Waals surface area contributed by atoms with Gasteiger partial charge in [-0.3, -0.25) is 9.59 Å². The van der Waals surface area contributed by atoms with Crippen molar-refractivity contribution >= 4 is 11.9 Å². The van der Waals surface area contributed by atoms with E-state index in [1.807, 2.05) is 18.7 Å². The van der Waals surface area contributed by atoms with Crippen molar-refractivity contribution in [1.29, 1.82) is 0 Å². The van der Waals surface area contributed by atoms with Gasteiger partial charge in [0.25, 0.3) is 0 Å². The van der Waals surface area contributed by atoms with Gasteiger partial charge in [-0.2, -0.15) is 0 Å². The summed E-state index contributed by atoms with van der Waals surface area (Å²) in [5.74, 6) is 0.417. The maximum Gasteiger partial charge on any atom is 0.306 e. The molecule has 0 bridgehead atoms. The van der Waals surface area contributed by atoms with Crippen LogP contribution in [0.5, 0.6) is 0 Å². The van der Waals surface area contributed by atoms with Gasteiger partial charge < -0.3 is 9.64 Å². The lowest BCUT2D eigenvalue weighted by Gasteiger charge is -2.30. The molecule has 21 heavy (non-hydrogen) atoms. The molecule has 4 nitrogen and oxygen atoms in total. The number of ether oxygens (including phenoxy) is 1. The van der Waals surface area contributed by atoms with Gasteiger partial charge in [0.15, 0.2) is 0 Å². The van der Waals surface area contributed by atoms with Crippen molar-refractivity contribution in [1.82, 2.24) is 4.90 Å². The third kappa shape index (κ3) is 5.33. The molecule has 2 unspecified atom stereocenters. The number of carbonyl (C=O) groups excluding carboxylic acids is 2. The van der Waals surface area contributed by atoms with E-state index in [-0.39, 0.29) is 30.1 Å². The zero-order valence-corrected chi connectivity index (χ0v) is 14.2. The van der Waals surface area contributed by atoms with Crippen LogP contribution in [0, 0.1) is 17.8 Å². The summed E-state index contributed by atoms with van der Waals surface area (Å²) in [5, 5.41) is 0. The average molecular weight is 297 g/mol. The summed E-state index contributed by atoms with van der Waals surface area (Å²) in [5.41, 5.74) is 0. The second-order valence-electron chi connectivity index (χ2n) is 6.93. The van der Waals surface area contributed by atoms with E-state index in [2.05, 4.69) is 13.8 Å². The Morgan fingerprint density at radius 1 is 1.24 bits per heavy atom. The van der Waals surface area contributed by atoms with Crippen molar-refractivity contribution in [2.75, 3.05) is 13.7 Å². The zero-order chi connectivity index (χ0) is 16.0. The number of amides is 1. The minimum Gasteiger partial charge on any atom is -0.469 e. The van der Waals surface area contributed by atoms with Crippen LogP contribution in [0.15, 0.2) is 0 Å². The zero-order valence-electron chi connectivity index (χ0n) is 14.2. The van der Waals surface area contributed by atoms with Crippen molar-refractivity contribution in [3.63, 3.8) is 0 Å². The second kappa shape index (κ2) is 8.40. The Morgan fingerprint density at radius 2 is 1.90 bits per heavy atom. The van der Waals surface area contributed by atoms with E-state index in [9.17, 15) is 9.59 Å². The lowest BCUT2D eigenvalue weighted by Crippen LogP contribution is -2.42. The molecule has 122 valence electrons. The highest BCUT2D eigenvalue weighted by molar-refractivity contribution is 5.84. The summed E-state index contributed by atoms with van der Waals surface area (Å²) in [4.78, 5) is 26.4. The number of methoxy groups -OCH3 is 1. The number of esters is 1. The van der Waals surface area contributed by atoms with E-state index in [1.54, 1.807) is 0 Å².